The summed E-state index contributed by atoms with van der Waals surface area (Å²) in [4.78, 5) is 32.7. The number of benzene rings is 3. The van der Waals surface area contributed by atoms with E-state index in [0.29, 0.717) is 38.7 Å². The van der Waals surface area contributed by atoms with Crippen LogP contribution in [0.25, 0.3) is 16.8 Å². The normalized spacial score (nSPS) is 14.9. The van der Waals surface area contributed by atoms with Crippen LogP contribution in [0.4, 0.5) is 0 Å². The van der Waals surface area contributed by atoms with Gasteiger partial charge in [-0.25, -0.2) is 9.79 Å². The van der Waals surface area contributed by atoms with Crippen LogP contribution in [0.1, 0.15) is 44.9 Å². The number of nitrogens with zero attached hydrogens (tertiary/aromatic N) is 2. The zero-order chi connectivity index (χ0) is 29.1. The highest BCUT2D eigenvalue weighted by Crippen LogP contribution is 2.32. The first-order valence-corrected chi connectivity index (χ1v) is 14.2. The summed E-state index contributed by atoms with van der Waals surface area (Å²) in [6.45, 7) is 7.89. The zero-order valence-electron chi connectivity index (χ0n) is 23.3. The number of esters is 1. The number of terminal acetylenes is 1. The van der Waals surface area contributed by atoms with Crippen LogP contribution in [0, 0.1) is 12.3 Å². The summed E-state index contributed by atoms with van der Waals surface area (Å²) in [5.41, 5.74) is 2.05. The fourth-order valence-corrected chi connectivity index (χ4v) is 5.92. The van der Waals surface area contributed by atoms with Gasteiger partial charge in [0.05, 0.1) is 34.6 Å². The molecule has 0 saturated carbocycles. The second kappa shape index (κ2) is 11.9. The molecule has 1 aromatic heterocycles. The Morgan fingerprint density at radius 3 is 2.59 bits per heavy atom. The molecule has 0 unspecified atom stereocenters. The van der Waals surface area contributed by atoms with Crippen molar-refractivity contribution in [1.82, 2.24) is 4.57 Å². The van der Waals surface area contributed by atoms with Crippen LogP contribution in [0.2, 0.25) is 0 Å². The van der Waals surface area contributed by atoms with Gasteiger partial charge in [0.1, 0.15) is 18.1 Å². The molecule has 0 radical (unpaired) electrons. The summed E-state index contributed by atoms with van der Waals surface area (Å²) >= 11 is 1.26. The molecular formula is C33H30N2O5S. The summed E-state index contributed by atoms with van der Waals surface area (Å²) in [6.07, 6.45) is 6.95. The summed E-state index contributed by atoms with van der Waals surface area (Å²) in [6, 6.07) is 18.4. The van der Waals surface area contributed by atoms with E-state index in [4.69, 9.17) is 25.6 Å². The Bertz CT molecular complexity index is 1870. The third-order valence-corrected chi connectivity index (χ3v) is 7.59. The molecule has 1 atom stereocenters. The van der Waals surface area contributed by atoms with E-state index >= 15 is 0 Å². The number of fused-ring (bicyclic) bond motifs is 2. The van der Waals surface area contributed by atoms with E-state index in [9.17, 15) is 9.59 Å². The van der Waals surface area contributed by atoms with Crippen LogP contribution >= 0.6 is 11.3 Å². The van der Waals surface area contributed by atoms with E-state index in [-0.39, 0.29) is 18.3 Å². The highest BCUT2D eigenvalue weighted by molar-refractivity contribution is 7.07. The Labute approximate surface area is 242 Å². The number of thiazole rings is 1. The topological polar surface area (TPSA) is 79.1 Å². The minimum atomic E-state index is -0.722. The summed E-state index contributed by atoms with van der Waals surface area (Å²) in [5.74, 6) is 3.27. The van der Waals surface area contributed by atoms with Gasteiger partial charge in [0.15, 0.2) is 4.80 Å². The number of ether oxygens (including phenoxy) is 3. The zero-order valence-corrected chi connectivity index (χ0v) is 24.2. The average molecular weight is 567 g/mol. The smallest absolute Gasteiger partial charge is 0.338 e. The number of aromatic nitrogens is 1. The van der Waals surface area contributed by atoms with Gasteiger partial charge in [-0.1, -0.05) is 59.7 Å². The van der Waals surface area contributed by atoms with Crippen molar-refractivity contribution >= 4 is 34.2 Å². The molecule has 1 aliphatic rings. The second-order valence-electron chi connectivity index (χ2n) is 9.73. The Morgan fingerprint density at radius 2 is 1.88 bits per heavy atom. The van der Waals surface area contributed by atoms with Crippen molar-refractivity contribution in [2.75, 3.05) is 13.2 Å². The molecule has 3 aromatic carbocycles. The van der Waals surface area contributed by atoms with E-state index < -0.39 is 12.0 Å². The first-order chi connectivity index (χ1) is 19.8. The largest absolute Gasteiger partial charge is 0.494 e. The van der Waals surface area contributed by atoms with Gasteiger partial charge in [-0.05, 0) is 68.3 Å². The number of allylic oxidation sites excluding steroid dienone is 1. The van der Waals surface area contributed by atoms with Crippen LogP contribution < -0.4 is 24.4 Å². The molecule has 4 aromatic rings. The van der Waals surface area contributed by atoms with Crippen molar-refractivity contribution in [2.45, 2.75) is 39.8 Å². The van der Waals surface area contributed by atoms with E-state index in [1.165, 1.54) is 11.3 Å². The molecule has 0 bridgehead atoms. The molecule has 208 valence electrons. The summed E-state index contributed by atoms with van der Waals surface area (Å²) in [7, 11) is 0. The standard InChI is InChI=1S/C33H30N2O5S/c1-6-18-39-27-17-14-22-10-8-9-11-25(22)26(27)19-28-31(36)35-30(23-12-15-24(16-13-23)38-7-2)29(32(37)40-20(3)4)21(5)34-33(35)41-28/h1,8-17,19-20,30H,7,18H2,2-5H3/b28-19+/t30-/m0/s1. The molecule has 0 amide bonds. The minimum Gasteiger partial charge on any atom is -0.494 e. The van der Waals surface area contributed by atoms with Crippen molar-refractivity contribution in [3.63, 3.8) is 0 Å². The molecule has 41 heavy (non-hydrogen) atoms. The van der Waals surface area contributed by atoms with Crippen molar-refractivity contribution in [1.29, 1.82) is 0 Å². The molecule has 0 fully saturated rings. The first kappa shape index (κ1) is 27.9. The lowest BCUT2D eigenvalue weighted by Gasteiger charge is -2.25. The molecule has 0 aliphatic carbocycles. The highest BCUT2D eigenvalue weighted by atomic mass is 32.1. The molecular weight excluding hydrogens is 536 g/mol. The van der Waals surface area contributed by atoms with Gasteiger partial charge in [0, 0.05) is 5.56 Å². The van der Waals surface area contributed by atoms with Crippen molar-refractivity contribution in [2.24, 2.45) is 4.99 Å². The van der Waals surface area contributed by atoms with E-state index in [1.54, 1.807) is 25.3 Å². The van der Waals surface area contributed by atoms with Gasteiger partial charge in [-0.3, -0.25) is 9.36 Å². The first-order valence-electron chi connectivity index (χ1n) is 13.4. The molecule has 0 saturated heterocycles. The second-order valence-corrected chi connectivity index (χ2v) is 10.7. The minimum absolute atomic E-state index is 0.0959. The Kier molecular flexibility index (Phi) is 8.09. The molecule has 1 aliphatic heterocycles. The van der Waals surface area contributed by atoms with Crippen LogP contribution in [-0.2, 0) is 9.53 Å². The Hall–Kier alpha value is -4.61. The third-order valence-electron chi connectivity index (χ3n) is 6.61. The van der Waals surface area contributed by atoms with Gasteiger partial charge < -0.3 is 14.2 Å². The SMILES string of the molecule is C#CCOc1ccc2ccccc2c1/C=c1/sc2n(c1=O)[C@@H](c1ccc(OCC)cc1)C(C(=O)OC(C)C)=C(C)N=2. The van der Waals surface area contributed by atoms with Gasteiger partial charge >= 0.3 is 5.97 Å². The van der Waals surface area contributed by atoms with Crippen molar-refractivity contribution in [3.8, 4) is 23.8 Å². The number of carbonyl (C=O) groups excluding carboxylic acids is 1. The highest BCUT2D eigenvalue weighted by Gasteiger charge is 2.34. The van der Waals surface area contributed by atoms with Gasteiger partial charge in [-0.2, -0.15) is 0 Å². The van der Waals surface area contributed by atoms with Gasteiger partial charge in [0.25, 0.3) is 5.56 Å². The Morgan fingerprint density at radius 1 is 1.12 bits per heavy atom. The monoisotopic (exact) mass is 566 g/mol. The fraction of sp³-hybridized carbons (Fsp3) is 0.242. The lowest BCUT2D eigenvalue weighted by molar-refractivity contribution is -0.143. The molecule has 2 heterocycles. The molecule has 5 rings (SSSR count). The predicted octanol–water partition coefficient (Wildman–Crippen LogP) is 4.75. The van der Waals surface area contributed by atoms with E-state index in [0.717, 1.165) is 21.9 Å². The third kappa shape index (κ3) is 5.54. The van der Waals surface area contributed by atoms with Crippen LogP contribution in [0.3, 0.4) is 0 Å². The predicted molar refractivity (Wildman–Crippen MR) is 161 cm³/mol. The molecule has 7 nitrogen and oxygen atoms in total. The number of hydrogen-bond donors (Lipinski definition) is 0. The number of carbonyl (C=O) groups is 1. The maximum atomic E-state index is 14.1. The maximum absolute atomic E-state index is 14.1. The van der Waals surface area contributed by atoms with Crippen LogP contribution in [0.5, 0.6) is 11.5 Å². The molecule has 0 spiro atoms. The summed E-state index contributed by atoms with van der Waals surface area (Å²) in [5, 5.41) is 1.93. The molecule has 8 heteroatoms. The summed E-state index contributed by atoms with van der Waals surface area (Å²) < 4.78 is 19.1. The van der Waals surface area contributed by atoms with Gasteiger partial charge in [-0.15, -0.1) is 6.42 Å². The Balaban J connectivity index is 1.74. The maximum Gasteiger partial charge on any atom is 0.338 e. The van der Waals surface area contributed by atoms with E-state index in [1.807, 2.05) is 73.7 Å². The quantitative estimate of drug-likeness (QED) is 0.227. The van der Waals surface area contributed by atoms with Crippen LogP contribution in [-0.4, -0.2) is 29.9 Å². The lowest BCUT2D eigenvalue weighted by Crippen LogP contribution is -2.40. The van der Waals surface area contributed by atoms with Crippen molar-refractivity contribution in [3.05, 3.63) is 103 Å². The molecule has 0 N–H and O–H groups in total. The van der Waals surface area contributed by atoms with Gasteiger partial charge in [0.2, 0.25) is 0 Å². The fourth-order valence-electron chi connectivity index (χ4n) is 4.89. The number of rotatable bonds is 8. The van der Waals surface area contributed by atoms with Crippen LogP contribution in [0.15, 0.2) is 81.7 Å². The average Bonchev–Trinajstić information content (AvgIpc) is 3.26. The number of hydrogen-bond acceptors (Lipinski definition) is 7. The van der Waals surface area contributed by atoms with Crippen molar-refractivity contribution < 1.29 is 19.0 Å². The van der Waals surface area contributed by atoms with E-state index in [2.05, 4.69) is 5.92 Å². The lowest BCUT2D eigenvalue weighted by atomic mass is 9.95.